The molecule has 0 aliphatic carbocycles. The van der Waals surface area contributed by atoms with E-state index in [1.165, 1.54) is 24.1 Å². The second-order valence-electron chi connectivity index (χ2n) is 2.91. The van der Waals surface area contributed by atoms with E-state index in [9.17, 15) is 0 Å². The number of hydrogen-bond acceptors (Lipinski definition) is 2. The highest BCUT2D eigenvalue weighted by Crippen LogP contribution is 2.19. The molecule has 2 heteroatoms. The standard InChI is InChI=1S/C9H16N2.C2H6/c1-3-5-9-6-4-7-11(10)8(9)2;1-2/h3,5H,4,6-7,10H2,1-2H3;1-2H3/b5-3-;. The summed E-state index contributed by atoms with van der Waals surface area (Å²) in [4.78, 5) is 0. The summed E-state index contributed by atoms with van der Waals surface area (Å²) in [5.74, 6) is 5.74. The predicted molar refractivity (Wildman–Crippen MR) is 59.0 cm³/mol. The summed E-state index contributed by atoms with van der Waals surface area (Å²) in [7, 11) is 0. The molecule has 1 aliphatic rings. The summed E-state index contributed by atoms with van der Waals surface area (Å²) >= 11 is 0. The van der Waals surface area contributed by atoms with Gasteiger partial charge in [-0.2, -0.15) is 0 Å². The Kier molecular flexibility index (Phi) is 6.33. The number of hydrogen-bond donors (Lipinski definition) is 1. The Bertz CT molecular complexity index is 192. The van der Waals surface area contributed by atoms with Gasteiger partial charge in [-0.15, -0.1) is 0 Å². The molecule has 0 aromatic carbocycles. The summed E-state index contributed by atoms with van der Waals surface area (Å²) in [5.41, 5.74) is 2.59. The molecule has 0 saturated carbocycles. The van der Waals surface area contributed by atoms with Crippen molar-refractivity contribution >= 4 is 0 Å². The molecule has 0 atom stereocenters. The number of allylic oxidation sites excluding steroid dienone is 4. The van der Waals surface area contributed by atoms with E-state index in [1.54, 1.807) is 0 Å². The molecule has 0 saturated heterocycles. The SMILES string of the molecule is C/C=C\C1=C(C)N(N)CCC1.CC. The fraction of sp³-hybridized carbons (Fsp3) is 0.636. The highest BCUT2D eigenvalue weighted by atomic mass is 15.4. The van der Waals surface area contributed by atoms with Crippen molar-refractivity contribution in [2.45, 2.75) is 40.5 Å². The maximum atomic E-state index is 5.74. The third-order valence-corrected chi connectivity index (χ3v) is 2.11. The lowest BCUT2D eigenvalue weighted by molar-refractivity contribution is 0.331. The molecule has 2 N–H and O–H groups in total. The van der Waals surface area contributed by atoms with E-state index in [4.69, 9.17) is 5.84 Å². The number of nitrogens with zero attached hydrogens (tertiary/aromatic N) is 1. The smallest absolute Gasteiger partial charge is 0.0341 e. The zero-order chi connectivity index (χ0) is 10.3. The Balaban J connectivity index is 0.000000671. The summed E-state index contributed by atoms with van der Waals surface area (Å²) < 4.78 is 0. The van der Waals surface area contributed by atoms with E-state index in [2.05, 4.69) is 19.1 Å². The lowest BCUT2D eigenvalue weighted by Gasteiger charge is -2.26. The molecule has 13 heavy (non-hydrogen) atoms. The average Bonchev–Trinajstić information content (AvgIpc) is 2.17. The maximum absolute atomic E-state index is 5.74. The molecule has 1 aliphatic heterocycles. The first-order chi connectivity index (χ1) is 6.25. The normalized spacial score (nSPS) is 17.5. The van der Waals surface area contributed by atoms with Gasteiger partial charge in [-0.25, -0.2) is 5.84 Å². The van der Waals surface area contributed by atoms with Crippen molar-refractivity contribution in [2.24, 2.45) is 5.84 Å². The minimum atomic E-state index is 0.993. The Morgan fingerprint density at radius 2 is 2.00 bits per heavy atom. The summed E-state index contributed by atoms with van der Waals surface area (Å²) in [6.45, 7) is 9.11. The van der Waals surface area contributed by atoms with Crippen LogP contribution >= 0.6 is 0 Å². The minimum absolute atomic E-state index is 0.993. The molecule has 1 rings (SSSR count). The van der Waals surface area contributed by atoms with Crippen LogP contribution in [0.5, 0.6) is 0 Å². The molecule has 1 heterocycles. The van der Waals surface area contributed by atoms with Crippen molar-refractivity contribution in [3.05, 3.63) is 23.4 Å². The van der Waals surface area contributed by atoms with Gasteiger partial charge >= 0.3 is 0 Å². The monoisotopic (exact) mass is 182 g/mol. The van der Waals surface area contributed by atoms with Crippen LogP contribution in [0.4, 0.5) is 0 Å². The average molecular weight is 182 g/mol. The molecule has 0 aromatic heterocycles. The third-order valence-electron chi connectivity index (χ3n) is 2.11. The molecular formula is C11H22N2. The lowest BCUT2D eigenvalue weighted by Crippen LogP contribution is -2.33. The largest absolute Gasteiger partial charge is 0.315 e. The molecule has 0 bridgehead atoms. The van der Waals surface area contributed by atoms with E-state index in [1.807, 2.05) is 25.8 Å². The zero-order valence-electron chi connectivity index (χ0n) is 9.30. The highest BCUT2D eigenvalue weighted by molar-refractivity contribution is 5.24. The molecule has 0 spiro atoms. The van der Waals surface area contributed by atoms with Crippen LogP contribution in [0, 0.1) is 0 Å². The van der Waals surface area contributed by atoms with Crippen LogP contribution in [0.1, 0.15) is 40.5 Å². The van der Waals surface area contributed by atoms with Crippen molar-refractivity contribution in [3.8, 4) is 0 Å². The Hall–Kier alpha value is -0.760. The van der Waals surface area contributed by atoms with E-state index in [-0.39, 0.29) is 0 Å². The van der Waals surface area contributed by atoms with Gasteiger partial charge in [0.15, 0.2) is 0 Å². The first-order valence-corrected chi connectivity index (χ1v) is 5.10. The molecule has 0 fully saturated rings. The van der Waals surface area contributed by atoms with Crippen LogP contribution in [0.2, 0.25) is 0 Å². The Morgan fingerprint density at radius 1 is 1.38 bits per heavy atom. The highest BCUT2D eigenvalue weighted by Gasteiger charge is 2.10. The Morgan fingerprint density at radius 3 is 2.54 bits per heavy atom. The molecular weight excluding hydrogens is 160 g/mol. The third kappa shape index (κ3) is 3.64. The molecule has 0 radical (unpaired) electrons. The van der Waals surface area contributed by atoms with Gasteiger partial charge in [0.2, 0.25) is 0 Å². The summed E-state index contributed by atoms with van der Waals surface area (Å²) in [6, 6.07) is 0. The van der Waals surface area contributed by atoms with Crippen molar-refractivity contribution in [1.29, 1.82) is 0 Å². The van der Waals surface area contributed by atoms with Gasteiger partial charge in [-0.3, -0.25) is 0 Å². The van der Waals surface area contributed by atoms with Gasteiger partial charge < -0.3 is 5.01 Å². The predicted octanol–water partition coefficient (Wildman–Crippen LogP) is 2.83. The van der Waals surface area contributed by atoms with Crippen LogP contribution in [0.15, 0.2) is 23.4 Å². The lowest BCUT2D eigenvalue weighted by atomic mass is 10.0. The van der Waals surface area contributed by atoms with Crippen LogP contribution in [-0.4, -0.2) is 11.6 Å². The topological polar surface area (TPSA) is 29.3 Å². The first kappa shape index (κ1) is 12.2. The van der Waals surface area contributed by atoms with Crippen LogP contribution in [0.25, 0.3) is 0 Å². The zero-order valence-corrected chi connectivity index (χ0v) is 9.30. The fourth-order valence-electron chi connectivity index (χ4n) is 1.38. The molecule has 0 unspecified atom stereocenters. The van der Waals surface area contributed by atoms with Crippen LogP contribution < -0.4 is 5.84 Å². The molecule has 76 valence electrons. The number of nitrogens with two attached hydrogens (primary N) is 1. The number of rotatable bonds is 1. The van der Waals surface area contributed by atoms with Gasteiger partial charge in [0, 0.05) is 12.2 Å². The fourth-order valence-corrected chi connectivity index (χ4v) is 1.38. The molecule has 0 amide bonds. The van der Waals surface area contributed by atoms with Crippen LogP contribution in [0.3, 0.4) is 0 Å². The maximum Gasteiger partial charge on any atom is 0.0341 e. The second-order valence-corrected chi connectivity index (χ2v) is 2.91. The second kappa shape index (κ2) is 6.72. The van der Waals surface area contributed by atoms with E-state index in [0.29, 0.717) is 0 Å². The quantitative estimate of drug-likeness (QED) is 0.632. The molecule has 2 nitrogen and oxygen atoms in total. The van der Waals surface area contributed by atoms with Crippen LogP contribution in [-0.2, 0) is 0 Å². The van der Waals surface area contributed by atoms with Crippen molar-refractivity contribution in [2.75, 3.05) is 6.54 Å². The minimum Gasteiger partial charge on any atom is -0.315 e. The summed E-state index contributed by atoms with van der Waals surface area (Å²) in [6.07, 6.45) is 6.56. The van der Waals surface area contributed by atoms with E-state index < -0.39 is 0 Å². The van der Waals surface area contributed by atoms with Gasteiger partial charge in [0.25, 0.3) is 0 Å². The van der Waals surface area contributed by atoms with Crippen molar-refractivity contribution in [1.82, 2.24) is 5.01 Å². The van der Waals surface area contributed by atoms with Gasteiger partial charge in [0.1, 0.15) is 0 Å². The van der Waals surface area contributed by atoms with Gasteiger partial charge in [-0.05, 0) is 32.3 Å². The van der Waals surface area contributed by atoms with Gasteiger partial charge in [0.05, 0.1) is 0 Å². The molecule has 0 aromatic rings. The van der Waals surface area contributed by atoms with Crippen molar-refractivity contribution in [3.63, 3.8) is 0 Å². The van der Waals surface area contributed by atoms with E-state index >= 15 is 0 Å². The van der Waals surface area contributed by atoms with E-state index in [0.717, 1.165) is 6.54 Å². The Labute approximate surface area is 82.1 Å². The summed E-state index contributed by atoms with van der Waals surface area (Å²) in [5, 5.41) is 1.83. The van der Waals surface area contributed by atoms with Crippen molar-refractivity contribution < 1.29 is 0 Å². The first-order valence-electron chi connectivity index (χ1n) is 5.10. The van der Waals surface area contributed by atoms with Gasteiger partial charge in [-0.1, -0.05) is 26.0 Å². The number of hydrazine groups is 1.